The summed E-state index contributed by atoms with van der Waals surface area (Å²) in [7, 11) is -2.11. The highest BCUT2D eigenvalue weighted by atomic mass is 32.2. The first-order valence-electron chi connectivity index (χ1n) is 7.30. The maximum absolute atomic E-state index is 12.3. The third-order valence-electron chi connectivity index (χ3n) is 3.34. The summed E-state index contributed by atoms with van der Waals surface area (Å²) in [6, 6.07) is 0. The Morgan fingerprint density at radius 1 is 1.46 bits per heavy atom. The van der Waals surface area contributed by atoms with E-state index in [4.69, 9.17) is 9.47 Å². The lowest BCUT2D eigenvalue weighted by molar-refractivity contribution is -0.150. The number of amides is 1. The zero-order valence-electron chi connectivity index (χ0n) is 13.4. The molecule has 0 radical (unpaired) electrons. The number of ether oxygens (including phenoxy) is 2. The van der Waals surface area contributed by atoms with Crippen LogP contribution in [0.2, 0.25) is 0 Å². The highest BCUT2D eigenvalue weighted by molar-refractivity contribution is 7.90. The van der Waals surface area contributed by atoms with E-state index >= 15 is 0 Å². The van der Waals surface area contributed by atoms with E-state index in [1.165, 1.54) is 20.1 Å². The first-order chi connectivity index (χ1) is 11.3. The van der Waals surface area contributed by atoms with Crippen LogP contribution in [-0.4, -0.2) is 69.7 Å². The Morgan fingerprint density at radius 2 is 2.21 bits per heavy atom. The fourth-order valence-electron chi connectivity index (χ4n) is 2.07. The summed E-state index contributed by atoms with van der Waals surface area (Å²) in [6.07, 6.45) is 3.60. The number of sulfonamides is 1. The van der Waals surface area contributed by atoms with Crippen LogP contribution in [0.1, 0.15) is 6.92 Å². The monoisotopic (exact) mass is 357 g/mol. The zero-order chi connectivity index (χ0) is 17.7. The normalized spacial score (nSPS) is 19.7. The van der Waals surface area contributed by atoms with E-state index in [1.54, 1.807) is 17.2 Å². The summed E-state index contributed by atoms with van der Waals surface area (Å²) >= 11 is 0. The van der Waals surface area contributed by atoms with Gasteiger partial charge in [0.1, 0.15) is 5.57 Å². The first kappa shape index (κ1) is 18.1. The number of hydrogen-bond acceptors (Lipinski definition) is 7. The SMILES string of the molecule is COCCNC(=O)[C@H](C)OC(=O)C1=CC=CN2CCS(=O)(=O)N=C12. The van der Waals surface area contributed by atoms with Crippen LogP contribution < -0.4 is 5.32 Å². The van der Waals surface area contributed by atoms with Crippen molar-refractivity contribution in [1.82, 2.24) is 10.2 Å². The van der Waals surface area contributed by atoms with Crippen LogP contribution in [-0.2, 0) is 29.1 Å². The fraction of sp³-hybridized carbons (Fsp3) is 0.500. The second-order valence-electron chi connectivity index (χ2n) is 5.15. The molecule has 0 unspecified atom stereocenters. The van der Waals surface area contributed by atoms with E-state index in [0.29, 0.717) is 13.2 Å². The molecule has 0 fully saturated rings. The lowest BCUT2D eigenvalue weighted by Crippen LogP contribution is -2.42. The van der Waals surface area contributed by atoms with E-state index in [0.717, 1.165) is 0 Å². The third-order valence-corrected chi connectivity index (χ3v) is 4.49. The van der Waals surface area contributed by atoms with Gasteiger partial charge in [-0.2, -0.15) is 0 Å². The predicted octanol–water partition coefficient (Wildman–Crippen LogP) is -0.822. The van der Waals surface area contributed by atoms with E-state index in [2.05, 4.69) is 9.71 Å². The maximum atomic E-state index is 12.3. The number of hydrogen-bond donors (Lipinski definition) is 1. The third kappa shape index (κ3) is 4.42. The summed E-state index contributed by atoms with van der Waals surface area (Å²) in [5.41, 5.74) is -0.00248. The number of fused-ring (bicyclic) bond motifs is 1. The molecule has 1 atom stereocenters. The van der Waals surface area contributed by atoms with Gasteiger partial charge < -0.3 is 19.7 Å². The predicted molar refractivity (Wildman–Crippen MR) is 85.6 cm³/mol. The number of carbonyl (C=O) groups is 2. The van der Waals surface area contributed by atoms with Gasteiger partial charge in [0, 0.05) is 26.4 Å². The molecule has 24 heavy (non-hydrogen) atoms. The smallest absolute Gasteiger partial charge is 0.342 e. The molecule has 2 aliphatic rings. The molecule has 0 spiro atoms. The van der Waals surface area contributed by atoms with Crippen LogP contribution in [0, 0.1) is 0 Å². The Morgan fingerprint density at radius 3 is 2.92 bits per heavy atom. The van der Waals surface area contributed by atoms with Crippen molar-refractivity contribution >= 4 is 27.7 Å². The summed E-state index contributed by atoms with van der Waals surface area (Å²) in [5, 5.41) is 2.55. The van der Waals surface area contributed by atoms with Gasteiger partial charge in [-0.3, -0.25) is 4.79 Å². The van der Waals surface area contributed by atoms with Crippen molar-refractivity contribution in [1.29, 1.82) is 0 Å². The number of nitrogens with one attached hydrogen (secondary N) is 1. The van der Waals surface area contributed by atoms with Crippen molar-refractivity contribution < 1.29 is 27.5 Å². The summed E-state index contributed by atoms with van der Waals surface area (Å²) in [5.74, 6) is -1.39. The molecule has 0 aromatic rings. The Labute approximate surface area is 140 Å². The standard InChI is InChI=1S/C14H19N3O6S/c1-10(13(18)15-5-8-22-2)23-14(19)11-4-3-6-17-7-9-24(20,21)16-12(11)17/h3-4,6,10H,5,7-9H2,1-2H3,(H,15,18)/t10-/m0/s1. The Bertz CT molecular complexity index is 710. The van der Waals surface area contributed by atoms with Crippen molar-refractivity contribution in [2.75, 3.05) is 32.6 Å². The summed E-state index contributed by atoms with van der Waals surface area (Å²) in [4.78, 5) is 25.6. The molecule has 0 aromatic carbocycles. The van der Waals surface area contributed by atoms with E-state index in [-0.39, 0.29) is 23.7 Å². The summed E-state index contributed by atoms with van der Waals surface area (Å²) in [6.45, 7) is 2.26. The number of allylic oxidation sites excluding steroid dienone is 2. The molecule has 2 aliphatic heterocycles. The molecule has 9 nitrogen and oxygen atoms in total. The molecule has 132 valence electrons. The molecule has 2 rings (SSSR count). The number of methoxy groups -OCH3 is 1. The quantitative estimate of drug-likeness (QED) is 0.488. The first-order valence-corrected chi connectivity index (χ1v) is 8.91. The number of carbonyl (C=O) groups excluding carboxylic acids is 2. The Kier molecular flexibility index (Phi) is 5.73. The summed E-state index contributed by atoms with van der Waals surface area (Å²) < 4.78 is 36.9. The van der Waals surface area contributed by atoms with Gasteiger partial charge in [-0.15, -0.1) is 4.40 Å². The van der Waals surface area contributed by atoms with E-state index < -0.39 is 28.0 Å². The number of amidine groups is 1. The number of esters is 1. The maximum Gasteiger partial charge on any atom is 0.342 e. The molecular formula is C14H19N3O6S. The number of nitrogens with zero attached hydrogens (tertiary/aromatic N) is 2. The van der Waals surface area contributed by atoms with Crippen molar-refractivity contribution in [3.8, 4) is 0 Å². The Hall–Kier alpha value is -2.20. The zero-order valence-corrected chi connectivity index (χ0v) is 14.2. The van der Waals surface area contributed by atoms with Gasteiger partial charge >= 0.3 is 5.97 Å². The van der Waals surface area contributed by atoms with E-state index in [1.807, 2.05) is 0 Å². The van der Waals surface area contributed by atoms with Crippen LogP contribution in [0.15, 0.2) is 28.3 Å². The number of rotatable bonds is 6. The highest BCUT2D eigenvalue weighted by Gasteiger charge is 2.32. The van der Waals surface area contributed by atoms with Gasteiger partial charge in [0.15, 0.2) is 11.9 Å². The molecule has 0 saturated heterocycles. The van der Waals surface area contributed by atoms with Gasteiger partial charge in [-0.05, 0) is 19.1 Å². The molecule has 0 bridgehead atoms. The van der Waals surface area contributed by atoms with Crippen molar-refractivity contribution in [3.05, 3.63) is 23.9 Å². The minimum Gasteiger partial charge on any atom is -0.449 e. The largest absolute Gasteiger partial charge is 0.449 e. The lowest BCUT2D eigenvalue weighted by Gasteiger charge is -2.28. The van der Waals surface area contributed by atoms with Gasteiger partial charge in [0.25, 0.3) is 15.9 Å². The minimum atomic E-state index is -3.61. The Balaban J connectivity index is 2.06. The van der Waals surface area contributed by atoms with Gasteiger partial charge in [-0.1, -0.05) is 0 Å². The molecule has 1 N–H and O–H groups in total. The van der Waals surface area contributed by atoms with Crippen LogP contribution in [0.4, 0.5) is 0 Å². The van der Waals surface area contributed by atoms with Gasteiger partial charge in [0.2, 0.25) is 0 Å². The van der Waals surface area contributed by atoms with Crippen LogP contribution >= 0.6 is 0 Å². The van der Waals surface area contributed by atoms with Crippen LogP contribution in [0.3, 0.4) is 0 Å². The molecular weight excluding hydrogens is 338 g/mol. The highest BCUT2D eigenvalue weighted by Crippen LogP contribution is 2.19. The van der Waals surface area contributed by atoms with Crippen molar-refractivity contribution in [2.24, 2.45) is 4.40 Å². The van der Waals surface area contributed by atoms with Crippen molar-refractivity contribution in [3.63, 3.8) is 0 Å². The van der Waals surface area contributed by atoms with Crippen LogP contribution in [0.5, 0.6) is 0 Å². The lowest BCUT2D eigenvalue weighted by atomic mass is 10.1. The van der Waals surface area contributed by atoms with Gasteiger partial charge in [-0.25, -0.2) is 13.2 Å². The van der Waals surface area contributed by atoms with Crippen LogP contribution in [0.25, 0.3) is 0 Å². The second-order valence-corrected chi connectivity index (χ2v) is 6.90. The van der Waals surface area contributed by atoms with Gasteiger partial charge in [0.05, 0.1) is 12.4 Å². The average molecular weight is 357 g/mol. The molecule has 1 amide bonds. The second kappa shape index (κ2) is 7.58. The molecule has 0 aliphatic carbocycles. The van der Waals surface area contributed by atoms with Crippen molar-refractivity contribution in [2.45, 2.75) is 13.0 Å². The minimum absolute atomic E-state index is 0.00248. The molecule has 0 saturated carbocycles. The van der Waals surface area contributed by atoms with E-state index in [9.17, 15) is 18.0 Å². The molecule has 10 heteroatoms. The fourth-order valence-corrected chi connectivity index (χ4v) is 3.06. The topological polar surface area (TPSA) is 114 Å². The average Bonchev–Trinajstić information content (AvgIpc) is 2.53. The molecule has 0 aromatic heterocycles. The molecule has 2 heterocycles.